The summed E-state index contributed by atoms with van der Waals surface area (Å²) in [5.74, 6) is 0.862. The Morgan fingerprint density at radius 2 is 1.70 bits per heavy atom. The van der Waals surface area contributed by atoms with Crippen molar-refractivity contribution >= 4 is 17.7 Å². The first-order valence-corrected chi connectivity index (χ1v) is 11.1. The molecule has 0 aliphatic heterocycles. The zero-order valence-corrected chi connectivity index (χ0v) is 19.0. The van der Waals surface area contributed by atoms with Crippen LogP contribution in [0, 0.1) is 0 Å². The normalized spacial score (nSPS) is 12.4. The standard InChI is InChI=1S/C23H29N5OS/c1-16(2)28(17(3)4)22(29)18(5)30-23-26-25-21(20-12-9-13-24-14-20)27(23)15-19-10-7-6-8-11-19/h6-14,16-18H,15H2,1-5H3. The Balaban J connectivity index is 1.92. The highest BCUT2D eigenvalue weighted by atomic mass is 32.2. The zero-order valence-electron chi connectivity index (χ0n) is 18.2. The molecule has 158 valence electrons. The van der Waals surface area contributed by atoms with Crippen LogP contribution in [-0.4, -0.2) is 47.9 Å². The van der Waals surface area contributed by atoms with Gasteiger partial charge in [-0.2, -0.15) is 0 Å². The molecule has 2 heterocycles. The van der Waals surface area contributed by atoms with Crippen molar-refractivity contribution in [3.63, 3.8) is 0 Å². The summed E-state index contributed by atoms with van der Waals surface area (Å²) in [5.41, 5.74) is 2.05. The Morgan fingerprint density at radius 1 is 1.00 bits per heavy atom. The summed E-state index contributed by atoms with van der Waals surface area (Å²) in [6, 6.07) is 14.4. The van der Waals surface area contributed by atoms with E-state index < -0.39 is 0 Å². The zero-order chi connectivity index (χ0) is 21.7. The summed E-state index contributed by atoms with van der Waals surface area (Å²) in [6.45, 7) is 10.8. The van der Waals surface area contributed by atoms with Crippen LogP contribution in [0.5, 0.6) is 0 Å². The van der Waals surface area contributed by atoms with Gasteiger partial charge >= 0.3 is 0 Å². The fraction of sp³-hybridized carbons (Fsp3) is 0.391. The van der Waals surface area contributed by atoms with E-state index in [0.29, 0.717) is 6.54 Å². The molecule has 1 unspecified atom stereocenters. The summed E-state index contributed by atoms with van der Waals surface area (Å²) < 4.78 is 2.07. The molecule has 30 heavy (non-hydrogen) atoms. The minimum absolute atomic E-state index is 0.113. The van der Waals surface area contributed by atoms with E-state index in [-0.39, 0.29) is 23.2 Å². The number of rotatable bonds is 8. The van der Waals surface area contributed by atoms with Crippen LogP contribution < -0.4 is 0 Å². The van der Waals surface area contributed by atoms with E-state index >= 15 is 0 Å². The molecule has 0 aliphatic rings. The fourth-order valence-corrected chi connectivity index (χ4v) is 4.42. The molecule has 3 aromatic rings. The van der Waals surface area contributed by atoms with Gasteiger partial charge in [0.25, 0.3) is 0 Å². The topological polar surface area (TPSA) is 63.9 Å². The van der Waals surface area contributed by atoms with E-state index in [1.165, 1.54) is 11.8 Å². The van der Waals surface area contributed by atoms with Crippen LogP contribution in [-0.2, 0) is 11.3 Å². The van der Waals surface area contributed by atoms with Gasteiger partial charge in [-0.1, -0.05) is 42.1 Å². The van der Waals surface area contributed by atoms with Crippen LogP contribution >= 0.6 is 11.8 Å². The number of aromatic nitrogens is 4. The summed E-state index contributed by atoms with van der Waals surface area (Å²) >= 11 is 1.45. The number of amides is 1. The van der Waals surface area contributed by atoms with Gasteiger partial charge < -0.3 is 4.90 Å². The molecule has 1 amide bonds. The number of benzene rings is 1. The van der Waals surface area contributed by atoms with Crippen LogP contribution in [0.3, 0.4) is 0 Å². The Kier molecular flexibility index (Phi) is 7.26. The lowest BCUT2D eigenvalue weighted by atomic mass is 10.2. The highest BCUT2D eigenvalue weighted by molar-refractivity contribution is 8.00. The summed E-state index contributed by atoms with van der Waals surface area (Å²) in [7, 11) is 0. The van der Waals surface area contributed by atoms with E-state index in [1.807, 2.05) is 69.9 Å². The largest absolute Gasteiger partial charge is 0.337 e. The van der Waals surface area contributed by atoms with Crippen LogP contribution in [0.15, 0.2) is 60.0 Å². The highest BCUT2D eigenvalue weighted by Crippen LogP contribution is 2.29. The first kappa shape index (κ1) is 22.0. The molecule has 0 spiro atoms. The molecule has 0 saturated heterocycles. The average molecular weight is 424 g/mol. The number of carbonyl (C=O) groups is 1. The fourth-order valence-electron chi connectivity index (χ4n) is 3.52. The van der Waals surface area contributed by atoms with E-state index in [1.54, 1.807) is 12.4 Å². The quantitative estimate of drug-likeness (QED) is 0.499. The minimum Gasteiger partial charge on any atom is -0.337 e. The van der Waals surface area contributed by atoms with Crippen molar-refractivity contribution in [1.29, 1.82) is 0 Å². The van der Waals surface area contributed by atoms with Gasteiger partial charge in [0.05, 0.1) is 11.8 Å². The predicted octanol–water partition coefficient (Wildman–Crippen LogP) is 4.51. The van der Waals surface area contributed by atoms with E-state index in [4.69, 9.17) is 0 Å². The molecule has 0 radical (unpaired) electrons. The Labute approximate surface area is 182 Å². The molecule has 2 aromatic heterocycles. The molecule has 1 aromatic carbocycles. The first-order valence-electron chi connectivity index (χ1n) is 10.2. The minimum atomic E-state index is -0.268. The van der Waals surface area contributed by atoms with Gasteiger partial charge in [-0.05, 0) is 52.3 Å². The lowest BCUT2D eigenvalue weighted by molar-refractivity contribution is -0.133. The van der Waals surface area contributed by atoms with Gasteiger partial charge in [0.15, 0.2) is 11.0 Å². The van der Waals surface area contributed by atoms with Gasteiger partial charge in [0, 0.05) is 30.0 Å². The Bertz CT molecular complexity index is 948. The Hall–Kier alpha value is -2.67. The maximum atomic E-state index is 13.1. The van der Waals surface area contributed by atoms with Gasteiger partial charge in [0.1, 0.15) is 0 Å². The van der Waals surface area contributed by atoms with E-state index in [9.17, 15) is 4.79 Å². The third-order valence-corrected chi connectivity index (χ3v) is 5.89. The second-order valence-electron chi connectivity index (χ2n) is 7.81. The smallest absolute Gasteiger partial charge is 0.236 e. The summed E-state index contributed by atoms with van der Waals surface area (Å²) in [5, 5.41) is 9.33. The number of carbonyl (C=O) groups excluding carboxylic acids is 1. The van der Waals surface area contributed by atoms with Crippen LogP contribution in [0.2, 0.25) is 0 Å². The van der Waals surface area contributed by atoms with Gasteiger partial charge in [-0.25, -0.2) is 0 Å². The molecule has 3 rings (SSSR count). The SMILES string of the molecule is CC(Sc1nnc(-c2cccnc2)n1Cc1ccccc1)C(=O)N(C(C)C)C(C)C. The maximum Gasteiger partial charge on any atom is 0.236 e. The molecular formula is C23H29N5OS. The lowest BCUT2D eigenvalue weighted by Gasteiger charge is -2.32. The molecule has 1 atom stereocenters. The summed E-state index contributed by atoms with van der Waals surface area (Å²) in [6.07, 6.45) is 3.53. The third kappa shape index (κ3) is 5.08. The number of pyridine rings is 1. The third-order valence-electron chi connectivity index (χ3n) is 4.82. The number of hydrogen-bond donors (Lipinski definition) is 0. The molecule has 6 nitrogen and oxygen atoms in total. The second-order valence-corrected chi connectivity index (χ2v) is 9.12. The molecule has 0 aliphatic carbocycles. The second kappa shape index (κ2) is 9.89. The molecule has 0 bridgehead atoms. The van der Waals surface area contributed by atoms with E-state index in [2.05, 4.69) is 31.9 Å². The number of hydrogen-bond acceptors (Lipinski definition) is 5. The Morgan fingerprint density at radius 3 is 2.30 bits per heavy atom. The van der Waals surface area contributed by atoms with Crippen molar-refractivity contribution in [1.82, 2.24) is 24.6 Å². The van der Waals surface area contributed by atoms with Crippen molar-refractivity contribution in [2.45, 2.75) is 63.7 Å². The van der Waals surface area contributed by atoms with Crippen molar-refractivity contribution in [3.8, 4) is 11.4 Å². The van der Waals surface area contributed by atoms with Gasteiger partial charge in [0.2, 0.25) is 5.91 Å². The molecule has 0 saturated carbocycles. The molecule has 0 fully saturated rings. The van der Waals surface area contributed by atoms with Crippen molar-refractivity contribution in [2.24, 2.45) is 0 Å². The average Bonchev–Trinajstić information content (AvgIpc) is 3.11. The van der Waals surface area contributed by atoms with Crippen molar-refractivity contribution < 1.29 is 4.79 Å². The number of thioether (sulfide) groups is 1. The van der Waals surface area contributed by atoms with Crippen molar-refractivity contribution in [3.05, 3.63) is 60.4 Å². The highest BCUT2D eigenvalue weighted by Gasteiger charge is 2.28. The predicted molar refractivity (Wildman–Crippen MR) is 121 cm³/mol. The van der Waals surface area contributed by atoms with Gasteiger partial charge in [-0.3, -0.25) is 14.3 Å². The summed E-state index contributed by atoms with van der Waals surface area (Å²) in [4.78, 5) is 19.3. The maximum absolute atomic E-state index is 13.1. The first-order chi connectivity index (χ1) is 14.4. The monoisotopic (exact) mass is 423 g/mol. The molecule has 0 N–H and O–H groups in total. The molecule has 7 heteroatoms. The van der Waals surface area contributed by atoms with Crippen molar-refractivity contribution in [2.75, 3.05) is 0 Å². The van der Waals surface area contributed by atoms with Gasteiger partial charge in [-0.15, -0.1) is 10.2 Å². The van der Waals surface area contributed by atoms with Crippen LogP contribution in [0.4, 0.5) is 0 Å². The molecular weight excluding hydrogens is 394 g/mol. The van der Waals surface area contributed by atoms with E-state index in [0.717, 1.165) is 22.1 Å². The number of nitrogens with zero attached hydrogens (tertiary/aromatic N) is 5. The lowest BCUT2D eigenvalue weighted by Crippen LogP contribution is -2.45. The van der Waals surface area contributed by atoms with Crippen LogP contribution in [0.25, 0.3) is 11.4 Å². The van der Waals surface area contributed by atoms with Crippen LogP contribution in [0.1, 0.15) is 40.2 Å².